The van der Waals surface area contributed by atoms with Crippen LogP contribution in [0.5, 0.6) is 0 Å². The first kappa shape index (κ1) is 12.5. The lowest BCUT2D eigenvalue weighted by atomic mass is 10.2. The number of nitrogens with zero attached hydrogens (tertiary/aromatic N) is 2. The Hall–Kier alpha value is -1.52. The smallest absolute Gasteiger partial charge is 0.145 e. The minimum Gasteiger partial charge on any atom is -0.287 e. The summed E-state index contributed by atoms with van der Waals surface area (Å²) in [5.74, 6) is 0. The molecule has 0 radical (unpaired) electrons. The van der Waals surface area contributed by atoms with E-state index in [0.717, 1.165) is 21.3 Å². The second kappa shape index (κ2) is 4.87. The van der Waals surface area contributed by atoms with Crippen molar-refractivity contribution in [2.75, 3.05) is 0 Å². The van der Waals surface area contributed by atoms with E-state index in [1.807, 2.05) is 42.5 Å². The molecule has 1 atom stereocenters. The Labute approximate surface area is 121 Å². The summed E-state index contributed by atoms with van der Waals surface area (Å²) in [6.07, 6.45) is 1.79. The summed E-state index contributed by atoms with van der Waals surface area (Å²) in [5.41, 5.74) is 5.19. The van der Waals surface area contributed by atoms with E-state index in [-0.39, 0.29) is 4.87 Å². The van der Waals surface area contributed by atoms with Crippen LogP contribution >= 0.6 is 23.4 Å². The van der Waals surface area contributed by atoms with Gasteiger partial charge in [-0.15, -0.1) is 0 Å². The minimum atomic E-state index is -0.323. The minimum absolute atomic E-state index is 0.323. The molecule has 96 valence electrons. The third kappa shape index (κ3) is 2.46. The van der Waals surface area contributed by atoms with Gasteiger partial charge in [-0.05, 0) is 31.2 Å². The predicted octanol–water partition coefficient (Wildman–Crippen LogP) is 3.61. The molecule has 0 aliphatic carbocycles. The molecule has 0 amide bonds. The molecule has 2 aromatic rings. The maximum absolute atomic E-state index is 5.90. The summed E-state index contributed by atoms with van der Waals surface area (Å²) >= 11 is 7.56. The molecular formula is C14H12ClN3S. The average Bonchev–Trinajstić information content (AvgIpc) is 2.85. The summed E-state index contributed by atoms with van der Waals surface area (Å²) in [6, 6.07) is 13.6. The van der Waals surface area contributed by atoms with Gasteiger partial charge < -0.3 is 0 Å². The third-order valence-electron chi connectivity index (χ3n) is 2.92. The van der Waals surface area contributed by atoms with E-state index in [0.29, 0.717) is 0 Å². The molecule has 5 heteroatoms. The fourth-order valence-corrected chi connectivity index (χ4v) is 3.04. The summed E-state index contributed by atoms with van der Waals surface area (Å²) in [5, 5.41) is 6.09. The number of rotatable bonds is 2. The Balaban J connectivity index is 1.85. The van der Waals surface area contributed by atoms with Crippen LogP contribution in [0, 0.1) is 0 Å². The molecule has 0 bridgehead atoms. The van der Waals surface area contributed by atoms with Crippen molar-refractivity contribution in [1.29, 1.82) is 0 Å². The Bertz CT molecular complexity index is 612. The van der Waals surface area contributed by atoms with Crippen molar-refractivity contribution >= 4 is 28.4 Å². The molecule has 0 saturated heterocycles. The van der Waals surface area contributed by atoms with Crippen molar-refractivity contribution in [1.82, 2.24) is 10.4 Å². The molecule has 19 heavy (non-hydrogen) atoms. The van der Waals surface area contributed by atoms with Gasteiger partial charge >= 0.3 is 0 Å². The Morgan fingerprint density at radius 3 is 2.63 bits per heavy atom. The highest BCUT2D eigenvalue weighted by atomic mass is 35.5. The Kier molecular flexibility index (Phi) is 3.21. The van der Waals surface area contributed by atoms with Gasteiger partial charge in [-0.2, -0.15) is 5.10 Å². The van der Waals surface area contributed by atoms with Gasteiger partial charge in [-0.3, -0.25) is 10.4 Å². The molecule has 3 rings (SSSR count). The number of benzene rings is 1. The third-order valence-corrected chi connectivity index (χ3v) is 4.40. The number of hydrogen-bond acceptors (Lipinski definition) is 4. The molecule has 0 spiro atoms. The van der Waals surface area contributed by atoms with E-state index >= 15 is 0 Å². The largest absolute Gasteiger partial charge is 0.287 e. The summed E-state index contributed by atoms with van der Waals surface area (Å²) in [4.78, 5) is 4.07. The van der Waals surface area contributed by atoms with E-state index in [2.05, 4.69) is 22.4 Å². The van der Waals surface area contributed by atoms with E-state index in [1.165, 1.54) is 0 Å². The monoisotopic (exact) mass is 289 g/mol. The van der Waals surface area contributed by atoms with Gasteiger partial charge in [0, 0.05) is 16.8 Å². The molecule has 1 aromatic carbocycles. The zero-order valence-electron chi connectivity index (χ0n) is 10.3. The lowest BCUT2D eigenvalue weighted by Crippen LogP contribution is -2.29. The number of halogens is 1. The summed E-state index contributed by atoms with van der Waals surface area (Å²) in [6.45, 7) is 2.08. The highest BCUT2D eigenvalue weighted by Gasteiger charge is 2.35. The number of hydrogen-bond donors (Lipinski definition) is 1. The standard InChI is InChI=1S/C14H12ClN3S/c1-14(12-4-2-3-9-16-12)18-17-13(19-14)10-5-7-11(15)8-6-10/h2-9,18H,1H3. The maximum atomic E-state index is 5.90. The number of pyridine rings is 1. The molecule has 1 N–H and O–H groups in total. The summed E-state index contributed by atoms with van der Waals surface area (Å²) in [7, 11) is 0. The molecule has 1 aromatic heterocycles. The highest BCUT2D eigenvalue weighted by Crippen LogP contribution is 2.39. The first-order valence-electron chi connectivity index (χ1n) is 5.89. The molecule has 1 aliphatic rings. The van der Waals surface area contributed by atoms with E-state index < -0.39 is 0 Å². The number of hydrazone groups is 1. The van der Waals surface area contributed by atoms with Gasteiger partial charge in [0.1, 0.15) is 9.91 Å². The van der Waals surface area contributed by atoms with Crippen LogP contribution < -0.4 is 5.43 Å². The zero-order chi connectivity index (χ0) is 13.3. The topological polar surface area (TPSA) is 37.3 Å². The van der Waals surface area contributed by atoms with Crippen LogP contribution in [0.15, 0.2) is 53.8 Å². The number of nitrogens with one attached hydrogen (secondary N) is 1. The first-order valence-corrected chi connectivity index (χ1v) is 7.08. The van der Waals surface area contributed by atoms with Crippen molar-refractivity contribution in [2.45, 2.75) is 11.8 Å². The number of aromatic nitrogens is 1. The molecule has 0 fully saturated rings. The molecular weight excluding hydrogens is 278 g/mol. The van der Waals surface area contributed by atoms with Gasteiger partial charge in [-0.1, -0.05) is 41.6 Å². The van der Waals surface area contributed by atoms with Gasteiger partial charge in [-0.25, -0.2) is 0 Å². The molecule has 1 aliphatic heterocycles. The van der Waals surface area contributed by atoms with Crippen LogP contribution in [-0.4, -0.2) is 10.0 Å². The van der Waals surface area contributed by atoms with Crippen LogP contribution in [0.3, 0.4) is 0 Å². The molecule has 0 saturated carbocycles. The van der Waals surface area contributed by atoms with Gasteiger partial charge in [0.25, 0.3) is 0 Å². The molecule has 3 nitrogen and oxygen atoms in total. The van der Waals surface area contributed by atoms with Gasteiger partial charge in [0.05, 0.1) is 5.69 Å². The van der Waals surface area contributed by atoms with Crippen molar-refractivity contribution in [3.63, 3.8) is 0 Å². The van der Waals surface area contributed by atoms with Crippen molar-refractivity contribution in [2.24, 2.45) is 5.10 Å². The van der Waals surface area contributed by atoms with Crippen LogP contribution in [0.25, 0.3) is 0 Å². The zero-order valence-corrected chi connectivity index (χ0v) is 11.9. The second-order valence-corrected chi connectivity index (χ2v) is 6.23. The fraction of sp³-hybridized carbons (Fsp3) is 0.143. The molecule has 2 heterocycles. The van der Waals surface area contributed by atoms with Crippen LogP contribution in [-0.2, 0) is 4.87 Å². The van der Waals surface area contributed by atoms with Gasteiger partial charge in [0.15, 0.2) is 0 Å². The maximum Gasteiger partial charge on any atom is 0.145 e. The fourth-order valence-electron chi connectivity index (χ4n) is 1.87. The van der Waals surface area contributed by atoms with Crippen molar-refractivity contribution in [3.05, 3.63) is 64.9 Å². The quantitative estimate of drug-likeness (QED) is 0.918. The highest BCUT2D eigenvalue weighted by molar-refractivity contribution is 8.15. The van der Waals surface area contributed by atoms with Crippen LogP contribution in [0.4, 0.5) is 0 Å². The Morgan fingerprint density at radius 1 is 1.16 bits per heavy atom. The van der Waals surface area contributed by atoms with Crippen molar-refractivity contribution in [3.8, 4) is 0 Å². The number of thioether (sulfide) groups is 1. The average molecular weight is 290 g/mol. The van der Waals surface area contributed by atoms with E-state index in [4.69, 9.17) is 11.6 Å². The first-order chi connectivity index (χ1) is 9.17. The van der Waals surface area contributed by atoms with Crippen LogP contribution in [0.2, 0.25) is 5.02 Å². The predicted molar refractivity (Wildman–Crippen MR) is 80.3 cm³/mol. The van der Waals surface area contributed by atoms with Crippen molar-refractivity contribution < 1.29 is 0 Å². The van der Waals surface area contributed by atoms with Crippen LogP contribution in [0.1, 0.15) is 18.2 Å². The van der Waals surface area contributed by atoms with E-state index in [9.17, 15) is 0 Å². The normalized spacial score (nSPS) is 21.9. The van der Waals surface area contributed by atoms with E-state index in [1.54, 1.807) is 18.0 Å². The summed E-state index contributed by atoms with van der Waals surface area (Å²) < 4.78 is 0. The SMILES string of the molecule is CC1(c2ccccn2)NN=C(c2ccc(Cl)cc2)S1. The molecule has 1 unspecified atom stereocenters. The lowest BCUT2D eigenvalue weighted by Gasteiger charge is -2.21. The second-order valence-electron chi connectivity index (χ2n) is 4.39. The Morgan fingerprint density at radius 2 is 1.95 bits per heavy atom. The lowest BCUT2D eigenvalue weighted by molar-refractivity contribution is 0.547. The van der Waals surface area contributed by atoms with Gasteiger partial charge in [0.2, 0.25) is 0 Å².